The van der Waals surface area contributed by atoms with E-state index in [4.69, 9.17) is 10.5 Å². The molecule has 1 aromatic heterocycles. The second-order valence-electron chi connectivity index (χ2n) is 3.69. The van der Waals surface area contributed by atoms with Crippen molar-refractivity contribution in [3.05, 3.63) is 40.3 Å². The van der Waals surface area contributed by atoms with Crippen molar-refractivity contribution in [3.63, 3.8) is 0 Å². The van der Waals surface area contributed by atoms with E-state index in [0.29, 0.717) is 5.75 Å². The number of nitro groups is 1. The molecular formula is C11H10FN5O3. The Morgan fingerprint density at radius 1 is 1.50 bits per heavy atom. The van der Waals surface area contributed by atoms with Gasteiger partial charge in [0.25, 0.3) is 0 Å². The molecule has 1 aromatic carbocycles. The monoisotopic (exact) mass is 279 g/mol. The first-order valence-electron chi connectivity index (χ1n) is 5.38. The summed E-state index contributed by atoms with van der Waals surface area (Å²) in [6, 6.07) is 3.93. The Hall–Kier alpha value is -2.97. The first-order valence-corrected chi connectivity index (χ1v) is 5.38. The van der Waals surface area contributed by atoms with Crippen LogP contribution >= 0.6 is 0 Å². The smallest absolute Gasteiger partial charge is 0.329 e. The van der Waals surface area contributed by atoms with Gasteiger partial charge < -0.3 is 15.8 Å². The largest absolute Gasteiger partial charge is 0.497 e. The van der Waals surface area contributed by atoms with Gasteiger partial charge in [-0.25, -0.2) is 9.37 Å². The second-order valence-corrected chi connectivity index (χ2v) is 3.69. The van der Waals surface area contributed by atoms with Crippen LogP contribution in [0.4, 0.5) is 27.5 Å². The van der Waals surface area contributed by atoms with Gasteiger partial charge in [-0.05, 0) is 12.1 Å². The number of hydrogen-bond donors (Lipinski definition) is 2. The van der Waals surface area contributed by atoms with Crippen LogP contribution < -0.4 is 15.8 Å². The van der Waals surface area contributed by atoms with Crippen LogP contribution in [0.15, 0.2) is 24.4 Å². The van der Waals surface area contributed by atoms with Crippen molar-refractivity contribution < 1.29 is 14.1 Å². The Morgan fingerprint density at radius 3 is 2.90 bits per heavy atom. The molecule has 104 valence electrons. The van der Waals surface area contributed by atoms with E-state index in [9.17, 15) is 14.5 Å². The molecule has 0 aliphatic carbocycles. The highest BCUT2D eigenvalue weighted by Gasteiger charge is 2.18. The predicted molar refractivity (Wildman–Crippen MR) is 69.3 cm³/mol. The van der Waals surface area contributed by atoms with Crippen molar-refractivity contribution in [1.82, 2.24) is 9.97 Å². The topological polar surface area (TPSA) is 116 Å². The number of benzene rings is 1. The highest BCUT2D eigenvalue weighted by molar-refractivity contribution is 5.67. The maximum Gasteiger partial charge on any atom is 0.329 e. The average Bonchev–Trinajstić information content (AvgIpc) is 2.41. The maximum absolute atomic E-state index is 13.7. The van der Waals surface area contributed by atoms with Gasteiger partial charge in [-0.1, -0.05) is 0 Å². The summed E-state index contributed by atoms with van der Waals surface area (Å²) >= 11 is 0. The fraction of sp³-hybridized carbons (Fsp3) is 0.0909. The van der Waals surface area contributed by atoms with E-state index in [1.807, 2.05) is 0 Å². The molecule has 0 unspecified atom stereocenters. The van der Waals surface area contributed by atoms with Crippen LogP contribution in [0.2, 0.25) is 0 Å². The number of aromatic nitrogens is 2. The summed E-state index contributed by atoms with van der Waals surface area (Å²) in [5, 5.41) is 13.4. The molecule has 3 N–H and O–H groups in total. The highest BCUT2D eigenvalue weighted by atomic mass is 19.1. The normalized spacial score (nSPS) is 10.1. The number of nitrogens with one attached hydrogen (secondary N) is 1. The number of hydrogen-bond acceptors (Lipinski definition) is 7. The molecule has 0 spiro atoms. The molecule has 0 radical (unpaired) electrons. The van der Waals surface area contributed by atoms with Gasteiger partial charge in [-0.15, -0.1) is 0 Å². The third-order valence-corrected chi connectivity index (χ3v) is 2.41. The van der Waals surface area contributed by atoms with Gasteiger partial charge in [-0.3, -0.25) is 10.1 Å². The molecule has 0 bridgehead atoms. The number of anilines is 3. The average molecular weight is 279 g/mol. The molecule has 0 amide bonds. The zero-order valence-electron chi connectivity index (χ0n) is 10.3. The lowest BCUT2D eigenvalue weighted by atomic mass is 10.3. The van der Waals surface area contributed by atoms with Gasteiger partial charge in [0.15, 0.2) is 0 Å². The van der Waals surface area contributed by atoms with Crippen molar-refractivity contribution >= 4 is 23.1 Å². The van der Waals surface area contributed by atoms with E-state index in [2.05, 4.69) is 15.3 Å². The summed E-state index contributed by atoms with van der Waals surface area (Å²) in [5.41, 5.74) is 4.93. The molecule has 0 atom stereocenters. The van der Waals surface area contributed by atoms with E-state index < -0.39 is 16.4 Å². The van der Waals surface area contributed by atoms with Gasteiger partial charge in [0.2, 0.25) is 11.8 Å². The summed E-state index contributed by atoms with van der Waals surface area (Å²) in [5.74, 6) is -0.591. The third kappa shape index (κ3) is 2.71. The molecule has 9 heteroatoms. The first-order chi connectivity index (χ1) is 9.51. The summed E-state index contributed by atoms with van der Waals surface area (Å²) in [7, 11) is 1.42. The van der Waals surface area contributed by atoms with Crippen molar-refractivity contribution in [2.75, 3.05) is 18.2 Å². The van der Waals surface area contributed by atoms with E-state index >= 15 is 0 Å². The second kappa shape index (κ2) is 5.34. The summed E-state index contributed by atoms with van der Waals surface area (Å²) in [4.78, 5) is 17.4. The zero-order valence-corrected chi connectivity index (χ0v) is 10.3. The van der Waals surface area contributed by atoms with Crippen LogP contribution in [0.25, 0.3) is 0 Å². The number of methoxy groups -OCH3 is 1. The Labute approximate surface area is 112 Å². The van der Waals surface area contributed by atoms with Crippen LogP contribution in [0.5, 0.6) is 5.75 Å². The Morgan fingerprint density at radius 2 is 2.25 bits per heavy atom. The number of nitrogens with zero attached hydrogens (tertiary/aromatic N) is 3. The number of nitrogen functional groups attached to an aromatic ring is 1. The minimum atomic E-state index is -0.695. The number of ether oxygens (including phenoxy) is 1. The predicted octanol–water partition coefficient (Wildman–Crippen LogP) is 1.86. The molecule has 0 saturated heterocycles. The van der Waals surface area contributed by atoms with E-state index in [1.54, 1.807) is 0 Å². The minimum absolute atomic E-state index is 0.0226. The van der Waals surface area contributed by atoms with E-state index in [1.165, 1.54) is 19.2 Å². The van der Waals surface area contributed by atoms with Crippen molar-refractivity contribution in [2.45, 2.75) is 0 Å². The molecule has 0 aliphatic rings. The lowest BCUT2D eigenvalue weighted by molar-refractivity contribution is -0.384. The molecule has 0 saturated carbocycles. The molecule has 0 fully saturated rings. The van der Waals surface area contributed by atoms with Crippen molar-refractivity contribution in [2.24, 2.45) is 0 Å². The SMILES string of the molecule is COc1ccc(F)c(Nc2nc(N)ncc2[N+](=O)[O-])c1. The minimum Gasteiger partial charge on any atom is -0.497 e. The maximum atomic E-state index is 13.7. The summed E-state index contributed by atoms with van der Waals surface area (Å²) in [6.07, 6.45) is 0.947. The van der Waals surface area contributed by atoms with Gasteiger partial charge in [0, 0.05) is 6.07 Å². The zero-order chi connectivity index (χ0) is 14.7. The lowest BCUT2D eigenvalue weighted by Crippen LogP contribution is -2.05. The highest BCUT2D eigenvalue weighted by Crippen LogP contribution is 2.28. The Bertz CT molecular complexity index is 665. The number of rotatable bonds is 4. The van der Waals surface area contributed by atoms with Crippen LogP contribution in [0.3, 0.4) is 0 Å². The quantitative estimate of drug-likeness (QED) is 0.648. The molecule has 8 nitrogen and oxygen atoms in total. The molecule has 0 aliphatic heterocycles. The van der Waals surface area contributed by atoms with Crippen LogP contribution in [-0.2, 0) is 0 Å². The molecule has 20 heavy (non-hydrogen) atoms. The van der Waals surface area contributed by atoms with Gasteiger partial charge >= 0.3 is 5.69 Å². The van der Waals surface area contributed by atoms with E-state index in [0.717, 1.165) is 12.3 Å². The van der Waals surface area contributed by atoms with Crippen LogP contribution in [0, 0.1) is 15.9 Å². The van der Waals surface area contributed by atoms with Crippen molar-refractivity contribution in [3.8, 4) is 5.75 Å². The Balaban J connectivity index is 2.43. The van der Waals surface area contributed by atoms with Crippen molar-refractivity contribution in [1.29, 1.82) is 0 Å². The van der Waals surface area contributed by atoms with Gasteiger partial charge in [0.05, 0.1) is 17.7 Å². The third-order valence-electron chi connectivity index (χ3n) is 2.41. The molecule has 2 aromatic rings. The molecular weight excluding hydrogens is 269 g/mol. The standard InChI is InChI=1S/C11H10FN5O3/c1-20-6-2-3-7(12)8(4-6)15-10-9(17(18)19)5-14-11(13)16-10/h2-5H,1H3,(H3,13,14,15,16). The van der Waals surface area contributed by atoms with Crippen LogP contribution in [-0.4, -0.2) is 22.0 Å². The van der Waals surface area contributed by atoms with E-state index in [-0.39, 0.29) is 17.5 Å². The summed E-state index contributed by atoms with van der Waals surface area (Å²) < 4.78 is 18.6. The summed E-state index contributed by atoms with van der Waals surface area (Å²) in [6.45, 7) is 0. The van der Waals surface area contributed by atoms with Crippen LogP contribution in [0.1, 0.15) is 0 Å². The lowest BCUT2D eigenvalue weighted by Gasteiger charge is -2.09. The van der Waals surface area contributed by atoms with Gasteiger partial charge in [-0.2, -0.15) is 4.98 Å². The molecule has 1 heterocycles. The Kier molecular flexibility index (Phi) is 3.60. The number of nitrogens with two attached hydrogens (primary N) is 1. The van der Waals surface area contributed by atoms with Gasteiger partial charge in [0.1, 0.15) is 17.8 Å². The first kappa shape index (κ1) is 13.5. The fourth-order valence-corrected chi connectivity index (χ4v) is 1.47. The fourth-order valence-electron chi connectivity index (χ4n) is 1.47. The number of halogens is 1. The molecule has 2 rings (SSSR count).